The van der Waals surface area contributed by atoms with Crippen molar-refractivity contribution in [3.8, 4) is 0 Å². The summed E-state index contributed by atoms with van der Waals surface area (Å²) in [6, 6.07) is 15.5. The Kier molecular flexibility index (Phi) is 7.06. The van der Waals surface area contributed by atoms with Gasteiger partial charge in [0.2, 0.25) is 11.8 Å². The molecule has 0 fully saturated rings. The monoisotopic (exact) mass is 339 g/mol. The molecule has 2 amide bonds. The van der Waals surface area contributed by atoms with Crippen LogP contribution in [0.25, 0.3) is 6.08 Å². The molecule has 128 valence electrons. The molecular weight excluding hydrogens is 321 g/mol. The van der Waals surface area contributed by atoms with Gasteiger partial charge in [-0.25, -0.2) is 9.82 Å². The number of carbonyl (C=O) groups excluding carboxylic acids is 2. The maximum atomic E-state index is 13.4. The molecule has 6 heteroatoms. The van der Waals surface area contributed by atoms with Crippen molar-refractivity contribution in [2.24, 2.45) is 5.10 Å². The number of carbonyl (C=O) groups is 2. The summed E-state index contributed by atoms with van der Waals surface area (Å²) in [5.41, 5.74) is 3.44. The molecule has 25 heavy (non-hydrogen) atoms. The normalized spacial score (nSPS) is 10.9. The van der Waals surface area contributed by atoms with Crippen molar-refractivity contribution in [1.29, 1.82) is 0 Å². The Labute approximate surface area is 145 Å². The Morgan fingerprint density at radius 2 is 1.64 bits per heavy atom. The average molecular weight is 339 g/mol. The first-order valence-corrected chi connectivity index (χ1v) is 7.73. The van der Waals surface area contributed by atoms with Crippen LogP contribution in [0, 0.1) is 5.82 Å². The lowest BCUT2D eigenvalue weighted by Crippen LogP contribution is -2.20. The number of hydrazone groups is 1. The molecule has 0 aromatic heterocycles. The van der Waals surface area contributed by atoms with E-state index in [1.807, 2.05) is 36.4 Å². The first-order chi connectivity index (χ1) is 12.1. The highest BCUT2D eigenvalue weighted by Gasteiger charge is 2.08. The minimum Gasteiger partial charge on any atom is -0.324 e. The van der Waals surface area contributed by atoms with E-state index in [9.17, 15) is 14.0 Å². The number of para-hydroxylation sites is 1. The molecule has 5 nitrogen and oxygen atoms in total. The number of allylic oxidation sites excluding steroid dienone is 1. The summed E-state index contributed by atoms with van der Waals surface area (Å²) < 4.78 is 13.4. The summed E-state index contributed by atoms with van der Waals surface area (Å²) in [6.45, 7) is 0. The molecular formula is C19H18FN3O2. The maximum Gasteiger partial charge on any atom is 0.240 e. The third-order valence-electron chi connectivity index (χ3n) is 3.17. The Balaban J connectivity index is 1.68. The van der Waals surface area contributed by atoms with Crippen molar-refractivity contribution in [3.05, 3.63) is 72.1 Å². The van der Waals surface area contributed by atoms with Crippen LogP contribution in [0.2, 0.25) is 0 Å². The van der Waals surface area contributed by atoms with Crippen LogP contribution in [0.1, 0.15) is 18.4 Å². The highest BCUT2D eigenvalue weighted by molar-refractivity contribution is 5.93. The van der Waals surface area contributed by atoms with Crippen LogP contribution in [0.4, 0.5) is 10.1 Å². The fraction of sp³-hybridized carbons (Fsp3) is 0.105. The van der Waals surface area contributed by atoms with Gasteiger partial charge in [-0.1, -0.05) is 48.5 Å². The number of halogens is 1. The molecule has 0 unspecified atom stereocenters. The zero-order chi connectivity index (χ0) is 17.9. The second-order valence-electron chi connectivity index (χ2n) is 5.11. The van der Waals surface area contributed by atoms with Crippen LogP contribution in [0.15, 0.2) is 65.8 Å². The van der Waals surface area contributed by atoms with Crippen molar-refractivity contribution in [2.45, 2.75) is 12.8 Å². The Morgan fingerprint density at radius 3 is 2.40 bits per heavy atom. The van der Waals surface area contributed by atoms with Crippen molar-refractivity contribution in [2.75, 3.05) is 5.32 Å². The average Bonchev–Trinajstić information content (AvgIpc) is 2.62. The molecule has 0 heterocycles. The molecule has 2 aromatic carbocycles. The first kappa shape index (κ1) is 18.1. The van der Waals surface area contributed by atoms with Crippen LogP contribution in [-0.2, 0) is 9.59 Å². The molecule has 0 saturated carbocycles. The molecule has 0 radical (unpaired) electrons. The van der Waals surface area contributed by atoms with Gasteiger partial charge in [-0.15, -0.1) is 0 Å². The molecule has 0 bridgehead atoms. The van der Waals surface area contributed by atoms with Gasteiger partial charge in [0.1, 0.15) is 5.82 Å². The van der Waals surface area contributed by atoms with Gasteiger partial charge >= 0.3 is 0 Å². The number of rotatable bonds is 7. The van der Waals surface area contributed by atoms with Crippen LogP contribution in [0.5, 0.6) is 0 Å². The summed E-state index contributed by atoms with van der Waals surface area (Å²) in [4.78, 5) is 23.3. The van der Waals surface area contributed by atoms with E-state index < -0.39 is 17.6 Å². The summed E-state index contributed by atoms with van der Waals surface area (Å²) >= 11 is 0. The second-order valence-corrected chi connectivity index (χ2v) is 5.11. The van der Waals surface area contributed by atoms with Gasteiger partial charge in [-0.2, -0.15) is 5.10 Å². The lowest BCUT2D eigenvalue weighted by molar-refractivity contribution is -0.124. The van der Waals surface area contributed by atoms with E-state index >= 15 is 0 Å². The largest absolute Gasteiger partial charge is 0.324 e. The van der Waals surface area contributed by atoms with Crippen molar-refractivity contribution < 1.29 is 14.0 Å². The third-order valence-corrected chi connectivity index (χ3v) is 3.17. The number of nitrogens with one attached hydrogen (secondary N) is 2. The smallest absolute Gasteiger partial charge is 0.240 e. The topological polar surface area (TPSA) is 70.6 Å². The molecule has 0 aliphatic heterocycles. The van der Waals surface area contributed by atoms with E-state index in [0.29, 0.717) is 0 Å². The van der Waals surface area contributed by atoms with Gasteiger partial charge in [0.05, 0.1) is 5.69 Å². The standard InChI is InChI=1S/C19H18FN3O2/c20-16-10-4-5-11-17(16)22-18(24)12-13-19(25)23-21-14-6-9-15-7-2-1-3-8-15/h1-11,14H,12-13H2,(H,22,24)(H,23,25). The number of hydrogen-bond donors (Lipinski definition) is 2. The Morgan fingerprint density at radius 1 is 0.960 bits per heavy atom. The maximum absolute atomic E-state index is 13.4. The summed E-state index contributed by atoms with van der Waals surface area (Å²) in [6.07, 6.45) is 4.89. The summed E-state index contributed by atoms with van der Waals surface area (Å²) in [5, 5.41) is 6.18. The molecule has 0 spiro atoms. The van der Waals surface area contributed by atoms with Gasteiger partial charge in [0, 0.05) is 19.1 Å². The van der Waals surface area contributed by atoms with Gasteiger partial charge in [0.25, 0.3) is 0 Å². The Bertz CT molecular complexity index is 773. The number of amides is 2. The lowest BCUT2D eigenvalue weighted by atomic mass is 10.2. The van der Waals surface area contributed by atoms with Gasteiger partial charge in [-0.3, -0.25) is 9.59 Å². The molecule has 0 saturated heterocycles. The van der Waals surface area contributed by atoms with Gasteiger partial charge in [-0.05, 0) is 23.8 Å². The molecule has 0 atom stereocenters. The quantitative estimate of drug-likeness (QED) is 0.600. The molecule has 0 aliphatic carbocycles. The third kappa shape index (κ3) is 6.78. The van der Waals surface area contributed by atoms with E-state index in [0.717, 1.165) is 5.56 Å². The number of benzene rings is 2. The van der Waals surface area contributed by atoms with Crippen LogP contribution in [-0.4, -0.2) is 18.0 Å². The predicted molar refractivity (Wildman–Crippen MR) is 96.4 cm³/mol. The summed E-state index contributed by atoms with van der Waals surface area (Å²) in [5.74, 6) is -1.35. The summed E-state index contributed by atoms with van der Waals surface area (Å²) in [7, 11) is 0. The van der Waals surface area contributed by atoms with Crippen LogP contribution < -0.4 is 10.7 Å². The SMILES string of the molecule is O=C(CCC(=O)Nc1ccccc1F)NN=CC=Cc1ccccc1. The van der Waals surface area contributed by atoms with Gasteiger partial charge < -0.3 is 5.32 Å². The number of anilines is 1. The molecule has 0 aliphatic rings. The van der Waals surface area contributed by atoms with E-state index in [2.05, 4.69) is 15.8 Å². The molecule has 2 rings (SSSR count). The van der Waals surface area contributed by atoms with E-state index in [1.54, 1.807) is 12.1 Å². The Hall–Kier alpha value is -3.28. The molecule has 2 aromatic rings. The van der Waals surface area contributed by atoms with Crippen molar-refractivity contribution >= 4 is 29.8 Å². The van der Waals surface area contributed by atoms with Crippen molar-refractivity contribution in [3.63, 3.8) is 0 Å². The zero-order valence-electron chi connectivity index (χ0n) is 13.5. The van der Waals surface area contributed by atoms with Crippen LogP contribution >= 0.6 is 0 Å². The minimum atomic E-state index is -0.518. The van der Waals surface area contributed by atoms with E-state index in [1.165, 1.54) is 24.4 Å². The van der Waals surface area contributed by atoms with Gasteiger partial charge in [0.15, 0.2) is 0 Å². The van der Waals surface area contributed by atoms with Crippen molar-refractivity contribution in [1.82, 2.24) is 5.43 Å². The fourth-order valence-corrected chi connectivity index (χ4v) is 1.93. The lowest BCUT2D eigenvalue weighted by Gasteiger charge is -2.05. The van der Waals surface area contributed by atoms with Crippen LogP contribution in [0.3, 0.4) is 0 Å². The fourth-order valence-electron chi connectivity index (χ4n) is 1.93. The first-order valence-electron chi connectivity index (χ1n) is 7.73. The molecule has 2 N–H and O–H groups in total. The highest BCUT2D eigenvalue weighted by Crippen LogP contribution is 2.12. The number of nitrogens with zero attached hydrogens (tertiary/aromatic N) is 1. The minimum absolute atomic E-state index is 0.0416. The zero-order valence-corrected chi connectivity index (χ0v) is 13.5. The second kappa shape index (κ2) is 9.77. The van der Waals surface area contributed by atoms with E-state index in [-0.39, 0.29) is 18.5 Å². The predicted octanol–water partition coefficient (Wildman–Crippen LogP) is 3.36. The highest BCUT2D eigenvalue weighted by atomic mass is 19.1. The van der Waals surface area contributed by atoms with E-state index in [4.69, 9.17) is 0 Å². The number of hydrogen-bond acceptors (Lipinski definition) is 3.